The van der Waals surface area contributed by atoms with Crippen molar-refractivity contribution in [2.24, 2.45) is 7.05 Å². The van der Waals surface area contributed by atoms with Crippen LogP contribution in [0.1, 0.15) is 16.2 Å². The van der Waals surface area contributed by atoms with Crippen molar-refractivity contribution >= 4 is 17.3 Å². The monoisotopic (exact) mass is 287 g/mol. The molecule has 1 aromatic carbocycles. The number of imidazole rings is 1. The van der Waals surface area contributed by atoms with Gasteiger partial charge in [-0.25, -0.2) is 4.98 Å². The SMILES string of the molecule is CN(C)C(=O)c1ccc(NCCc2nccn2C)c(N)c1. The van der Waals surface area contributed by atoms with Gasteiger partial charge in [-0.1, -0.05) is 0 Å². The maximum absolute atomic E-state index is 11.9. The fourth-order valence-electron chi connectivity index (χ4n) is 2.06. The van der Waals surface area contributed by atoms with Crippen LogP contribution in [0.15, 0.2) is 30.6 Å². The first-order chi connectivity index (χ1) is 9.99. The summed E-state index contributed by atoms with van der Waals surface area (Å²) in [5, 5.41) is 3.27. The van der Waals surface area contributed by atoms with Crippen molar-refractivity contribution in [3.8, 4) is 0 Å². The number of benzene rings is 1. The molecule has 0 radical (unpaired) electrons. The van der Waals surface area contributed by atoms with Gasteiger partial charge in [0.25, 0.3) is 5.91 Å². The van der Waals surface area contributed by atoms with Crippen molar-refractivity contribution in [3.05, 3.63) is 42.0 Å². The molecule has 0 aliphatic carbocycles. The lowest BCUT2D eigenvalue weighted by molar-refractivity contribution is 0.0827. The standard InChI is InChI=1S/C15H21N5O/c1-19(2)15(21)11-4-5-13(12(16)10-11)17-7-6-14-18-8-9-20(14)3/h4-5,8-10,17H,6-7,16H2,1-3H3. The molecule has 0 bridgehead atoms. The van der Waals surface area contributed by atoms with Crippen LogP contribution in [0.2, 0.25) is 0 Å². The lowest BCUT2D eigenvalue weighted by Gasteiger charge is -2.13. The first-order valence-electron chi connectivity index (χ1n) is 6.80. The molecule has 1 aromatic heterocycles. The average molecular weight is 287 g/mol. The van der Waals surface area contributed by atoms with Gasteiger partial charge in [0.15, 0.2) is 0 Å². The molecule has 21 heavy (non-hydrogen) atoms. The smallest absolute Gasteiger partial charge is 0.253 e. The summed E-state index contributed by atoms with van der Waals surface area (Å²) in [6.07, 6.45) is 4.51. The minimum Gasteiger partial charge on any atom is -0.397 e. The van der Waals surface area contributed by atoms with E-state index in [1.165, 1.54) is 4.90 Å². The second-order valence-corrected chi connectivity index (χ2v) is 5.13. The summed E-state index contributed by atoms with van der Waals surface area (Å²) in [5.74, 6) is 0.960. The number of nitrogens with zero attached hydrogens (tertiary/aromatic N) is 3. The third-order valence-electron chi connectivity index (χ3n) is 3.29. The first kappa shape index (κ1) is 14.9. The van der Waals surface area contributed by atoms with Gasteiger partial charge in [0.2, 0.25) is 0 Å². The molecule has 3 N–H and O–H groups in total. The number of rotatable bonds is 5. The third-order valence-corrected chi connectivity index (χ3v) is 3.29. The Morgan fingerprint density at radius 3 is 2.76 bits per heavy atom. The van der Waals surface area contributed by atoms with Crippen molar-refractivity contribution < 1.29 is 4.79 Å². The number of amides is 1. The fourth-order valence-corrected chi connectivity index (χ4v) is 2.06. The molecule has 1 heterocycles. The Morgan fingerprint density at radius 2 is 2.19 bits per heavy atom. The summed E-state index contributed by atoms with van der Waals surface area (Å²) < 4.78 is 1.99. The molecule has 0 atom stereocenters. The topological polar surface area (TPSA) is 76.2 Å². The minimum absolute atomic E-state index is 0.0544. The van der Waals surface area contributed by atoms with Crippen molar-refractivity contribution in [1.29, 1.82) is 0 Å². The molecule has 6 heteroatoms. The molecule has 0 aliphatic rings. The maximum atomic E-state index is 11.9. The Bertz CT molecular complexity index is 633. The van der Waals surface area contributed by atoms with Gasteiger partial charge in [-0.2, -0.15) is 0 Å². The summed E-state index contributed by atoms with van der Waals surface area (Å²) in [6, 6.07) is 5.32. The fraction of sp³-hybridized carbons (Fsp3) is 0.333. The number of anilines is 2. The van der Waals surface area contributed by atoms with Crippen molar-refractivity contribution in [3.63, 3.8) is 0 Å². The first-order valence-corrected chi connectivity index (χ1v) is 6.80. The van der Waals surface area contributed by atoms with Gasteiger partial charge in [-0.05, 0) is 18.2 Å². The predicted molar refractivity (Wildman–Crippen MR) is 84.3 cm³/mol. The van der Waals surface area contributed by atoms with Crippen molar-refractivity contribution in [2.75, 3.05) is 31.7 Å². The second-order valence-electron chi connectivity index (χ2n) is 5.13. The van der Waals surface area contributed by atoms with Crippen LogP contribution in [-0.4, -0.2) is 41.0 Å². The number of carbonyl (C=O) groups excluding carboxylic acids is 1. The molecule has 0 aliphatic heterocycles. The molecule has 0 spiro atoms. The Labute approximate surface area is 124 Å². The average Bonchev–Trinajstić information content (AvgIpc) is 2.85. The number of nitrogens with one attached hydrogen (secondary N) is 1. The van der Waals surface area contributed by atoms with E-state index in [4.69, 9.17) is 5.73 Å². The molecule has 0 unspecified atom stereocenters. The van der Waals surface area contributed by atoms with Crippen LogP contribution in [-0.2, 0) is 13.5 Å². The number of nitrogen functional groups attached to an aromatic ring is 1. The summed E-state index contributed by atoms with van der Waals surface area (Å²) >= 11 is 0. The van der Waals surface area contributed by atoms with Gasteiger partial charge < -0.3 is 20.5 Å². The molecule has 0 fully saturated rings. The zero-order valence-electron chi connectivity index (χ0n) is 12.6. The quantitative estimate of drug-likeness (QED) is 0.814. The van der Waals surface area contributed by atoms with Crippen LogP contribution in [0, 0.1) is 0 Å². The highest BCUT2D eigenvalue weighted by Crippen LogP contribution is 2.20. The van der Waals surface area contributed by atoms with E-state index >= 15 is 0 Å². The van der Waals surface area contributed by atoms with E-state index in [-0.39, 0.29) is 5.91 Å². The molecular weight excluding hydrogens is 266 g/mol. The number of aromatic nitrogens is 2. The molecular formula is C15H21N5O. The van der Waals surface area contributed by atoms with Gasteiger partial charge in [-0.3, -0.25) is 4.79 Å². The molecule has 1 amide bonds. The lowest BCUT2D eigenvalue weighted by Crippen LogP contribution is -2.21. The zero-order valence-corrected chi connectivity index (χ0v) is 12.6. The Balaban J connectivity index is 1.98. The molecule has 0 saturated heterocycles. The van der Waals surface area contributed by atoms with E-state index in [0.717, 1.165) is 24.5 Å². The van der Waals surface area contributed by atoms with Gasteiger partial charge in [0.1, 0.15) is 5.82 Å². The highest BCUT2D eigenvalue weighted by molar-refractivity contribution is 5.95. The minimum atomic E-state index is -0.0544. The Morgan fingerprint density at radius 1 is 1.43 bits per heavy atom. The van der Waals surface area contributed by atoms with Crippen LogP contribution < -0.4 is 11.1 Å². The lowest BCUT2D eigenvalue weighted by atomic mass is 10.1. The van der Waals surface area contributed by atoms with E-state index in [2.05, 4.69) is 10.3 Å². The summed E-state index contributed by atoms with van der Waals surface area (Å²) in [6.45, 7) is 0.732. The van der Waals surface area contributed by atoms with Gasteiger partial charge in [0.05, 0.1) is 11.4 Å². The molecule has 2 aromatic rings. The van der Waals surface area contributed by atoms with E-state index in [1.54, 1.807) is 32.4 Å². The van der Waals surface area contributed by atoms with E-state index in [1.807, 2.05) is 23.9 Å². The predicted octanol–water partition coefficient (Wildman–Crippen LogP) is 1.36. The van der Waals surface area contributed by atoms with Gasteiger partial charge in [-0.15, -0.1) is 0 Å². The Kier molecular flexibility index (Phi) is 4.47. The van der Waals surface area contributed by atoms with Crippen LogP contribution >= 0.6 is 0 Å². The van der Waals surface area contributed by atoms with Gasteiger partial charge >= 0.3 is 0 Å². The Hall–Kier alpha value is -2.50. The van der Waals surface area contributed by atoms with E-state index in [9.17, 15) is 4.79 Å². The normalized spacial score (nSPS) is 10.4. The van der Waals surface area contributed by atoms with Crippen molar-refractivity contribution in [2.45, 2.75) is 6.42 Å². The summed E-state index contributed by atoms with van der Waals surface area (Å²) in [4.78, 5) is 17.7. The van der Waals surface area contributed by atoms with E-state index in [0.29, 0.717) is 11.3 Å². The van der Waals surface area contributed by atoms with Crippen LogP contribution in [0.25, 0.3) is 0 Å². The second kappa shape index (κ2) is 6.30. The number of carbonyl (C=O) groups is 1. The largest absolute Gasteiger partial charge is 0.397 e. The molecule has 6 nitrogen and oxygen atoms in total. The number of nitrogens with two attached hydrogens (primary N) is 1. The van der Waals surface area contributed by atoms with Crippen LogP contribution in [0.3, 0.4) is 0 Å². The van der Waals surface area contributed by atoms with Crippen LogP contribution in [0.4, 0.5) is 11.4 Å². The summed E-state index contributed by atoms with van der Waals surface area (Å²) in [7, 11) is 5.41. The molecule has 112 valence electrons. The van der Waals surface area contributed by atoms with Gasteiger partial charge in [0, 0.05) is 52.1 Å². The number of hydrogen-bond donors (Lipinski definition) is 2. The summed E-state index contributed by atoms with van der Waals surface area (Å²) in [5.41, 5.74) is 7.99. The number of aryl methyl sites for hydroxylation is 1. The molecule has 2 rings (SSSR count). The third kappa shape index (κ3) is 3.53. The molecule has 0 saturated carbocycles. The zero-order chi connectivity index (χ0) is 15.4. The van der Waals surface area contributed by atoms with Crippen LogP contribution in [0.5, 0.6) is 0 Å². The van der Waals surface area contributed by atoms with E-state index < -0.39 is 0 Å². The highest BCUT2D eigenvalue weighted by Gasteiger charge is 2.10. The highest BCUT2D eigenvalue weighted by atomic mass is 16.2. The maximum Gasteiger partial charge on any atom is 0.253 e. The number of hydrogen-bond acceptors (Lipinski definition) is 4. The van der Waals surface area contributed by atoms with Crippen molar-refractivity contribution in [1.82, 2.24) is 14.5 Å².